The van der Waals surface area contributed by atoms with Crippen LogP contribution in [0, 0.1) is 6.92 Å². The van der Waals surface area contributed by atoms with E-state index in [1.807, 2.05) is 11.8 Å². The van der Waals surface area contributed by atoms with E-state index in [2.05, 4.69) is 15.3 Å². The molecule has 0 bridgehead atoms. The monoisotopic (exact) mass is 471 g/mol. The molecule has 1 aromatic heterocycles. The van der Waals surface area contributed by atoms with Crippen molar-refractivity contribution in [2.45, 2.75) is 19.6 Å². The van der Waals surface area contributed by atoms with Crippen molar-refractivity contribution in [1.29, 1.82) is 0 Å². The summed E-state index contributed by atoms with van der Waals surface area (Å²) in [6, 6.07) is 8.68. The topological polar surface area (TPSA) is 93.4 Å². The van der Waals surface area contributed by atoms with Crippen molar-refractivity contribution >= 4 is 17.5 Å². The van der Waals surface area contributed by atoms with Gasteiger partial charge in [-0.25, -0.2) is 9.97 Å². The fourth-order valence-electron chi connectivity index (χ4n) is 3.79. The molecule has 1 aliphatic rings. The highest BCUT2D eigenvalue weighted by molar-refractivity contribution is 6.05. The van der Waals surface area contributed by atoms with Gasteiger partial charge in [0.05, 0.1) is 18.8 Å². The van der Waals surface area contributed by atoms with Crippen molar-refractivity contribution in [2.24, 2.45) is 0 Å². The summed E-state index contributed by atoms with van der Waals surface area (Å²) in [5.74, 6) is -0.387. The molecular weight excluding hydrogens is 447 g/mol. The molecule has 10 heteroatoms. The summed E-state index contributed by atoms with van der Waals surface area (Å²) in [5, 5.41) is 2.62. The number of nitrogens with one attached hydrogen (secondary N) is 1. The quantitative estimate of drug-likeness (QED) is 0.581. The van der Waals surface area contributed by atoms with Crippen LogP contribution in [-0.2, 0) is 17.5 Å². The molecule has 0 radical (unpaired) electrons. The standard InChI is InChI=1S/C24H24F3N5O2/c1-15-2-3-17(10-21(15)18-12-29-23(28)30-13-18)22(33)31-20-9-16(8-19(11-20)24(25,26)27)14-32-4-6-34-7-5-32/h2-3,8-13H,4-7,14H2,1H3,(H,31,33)(H2,28,29,30). The van der Waals surface area contributed by atoms with Crippen LogP contribution in [0.25, 0.3) is 11.1 Å². The van der Waals surface area contributed by atoms with Gasteiger partial charge in [-0.2, -0.15) is 13.2 Å². The molecule has 0 saturated carbocycles. The van der Waals surface area contributed by atoms with Gasteiger partial charge in [-0.15, -0.1) is 0 Å². The molecular formula is C24H24F3N5O2. The van der Waals surface area contributed by atoms with Crippen LogP contribution in [0.1, 0.15) is 27.0 Å². The number of nitrogen functional groups attached to an aromatic ring is 1. The lowest BCUT2D eigenvalue weighted by Gasteiger charge is -2.27. The summed E-state index contributed by atoms with van der Waals surface area (Å²) in [7, 11) is 0. The van der Waals surface area contributed by atoms with Crippen molar-refractivity contribution in [1.82, 2.24) is 14.9 Å². The number of benzene rings is 2. The molecule has 1 aliphatic heterocycles. The van der Waals surface area contributed by atoms with E-state index < -0.39 is 17.6 Å². The Morgan fingerprint density at radius 1 is 1.12 bits per heavy atom. The van der Waals surface area contributed by atoms with E-state index in [0.29, 0.717) is 49.5 Å². The summed E-state index contributed by atoms with van der Waals surface area (Å²) in [4.78, 5) is 22.9. The number of aryl methyl sites for hydroxylation is 1. The summed E-state index contributed by atoms with van der Waals surface area (Å²) >= 11 is 0. The number of carbonyl (C=O) groups is 1. The minimum absolute atomic E-state index is 0.0843. The number of hydrogen-bond donors (Lipinski definition) is 2. The van der Waals surface area contributed by atoms with Gasteiger partial charge in [0, 0.05) is 48.8 Å². The van der Waals surface area contributed by atoms with Crippen molar-refractivity contribution in [3.63, 3.8) is 0 Å². The lowest BCUT2D eigenvalue weighted by molar-refractivity contribution is -0.137. The summed E-state index contributed by atoms with van der Waals surface area (Å²) in [5.41, 5.74) is 7.87. The molecule has 0 spiro atoms. The van der Waals surface area contributed by atoms with E-state index in [1.54, 1.807) is 36.7 Å². The third-order valence-electron chi connectivity index (χ3n) is 5.57. The van der Waals surface area contributed by atoms with Gasteiger partial charge in [0.1, 0.15) is 0 Å². The Morgan fingerprint density at radius 2 is 1.82 bits per heavy atom. The van der Waals surface area contributed by atoms with E-state index in [9.17, 15) is 18.0 Å². The molecule has 7 nitrogen and oxygen atoms in total. The van der Waals surface area contributed by atoms with Gasteiger partial charge in [-0.1, -0.05) is 6.07 Å². The normalized spacial score (nSPS) is 14.7. The molecule has 1 saturated heterocycles. The van der Waals surface area contributed by atoms with E-state index in [-0.39, 0.29) is 11.6 Å². The maximum atomic E-state index is 13.5. The Hall–Kier alpha value is -3.50. The van der Waals surface area contributed by atoms with Gasteiger partial charge in [-0.05, 0) is 53.9 Å². The fraction of sp³-hybridized carbons (Fsp3) is 0.292. The van der Waals surface area contributed by atoms with Crippen molar-refractivity contribution in [2.75, 3.05) is 37.4 Å². The van der Waals surface area contributed by atoms with Crippen molar-refractivity contribution in [3.05, 3.63) is 71.0 Å². The largest absolute Gasteiger partial charge is 0.416 e. The zero-order valence-corrected chi connectivity index (χ0v) is 18.5. The van der Waals surface area contributed by atoms with Crippen LogP contribution < -0.4 is 11.1 Å². The number of halogens is 3. The maximum Gasteiger partial charge on any atom is 0.416 e. The van der Waals surface area contributed by atoms with Crippen molar-refractivity contribution < 1.29 is 22.7 Å². The number of carbonyl (C=O) groups excluding carboxylic acids is 1. The number of hydrogen-bond acceptors (Lipinski definition) is 6. The van der Waals surface area contributed by atoms with Crippen LogP contribution >= 0.6 is 0 Å². The molecule has 0 aliphatic carbocycles. The Bertz CT molecular complexity index is 1180. The molecule has 0 unspecified atom stereocenters. The first kappa shape index (κ1) is 23.7. The van der Waals surface area contributed by atoms with Gasteiger partial charge in [0.15, 0.2) is 0 Å². The smallest absolute Gasteiger partial charge is 0.379 e. The number of amides is 1. The van der Waals surface area contributed by atoms with Crippen LogP contribution in [-0.4, -0.2) is 47.1 Å². The Kier molecular flexibility index (Phi) is 6.80. The second-order valence-corrected chi connectivity index (χ2v) is 8.12. The lowest BCUT2D eigenvalue weighted by Crippen LogP contribution is -2.35. The third kappa shape index (κ3) is 5.70. The highest BCUT2D eigenvalue weighted by atomic mass is 19.4. The Labute approximate surface area is 194 Å². The number of alkyl halides is 3. The number of anilines is 2. The second kappa shape index (κ2) is 9.78. The zero-order chi connectivity index (χ0) is 24.3. The Balaban J connectivity index is 1.60. The van der Waals surface area contributed by atoms with Gasteiger partial charge < -0.3 is 15.8 Å². The molecule has 0 atom stereocenters. The van der Waals surface area contributed by atoms with Crippen LogP contribution in [0.5, 0.6) is 0 Å². The predicted molar refractivity (Wildman–Crippen MR) is 122 cm³/mol. The first-order valence-corrected chi connectivity index (χ1v) is 10.7. The van der Waals surface area contributed by atoms with E-state index in [0.717, 1.165) is 23.3 Å². The second-order valence-electron chi connectivity index (χ2n) is 8.12. The van der Waals surface area contributed by atoms with E-state index >= 15 is 0 Å². The molecule has 1 amide bonds. The van der Waals surface area contributed by atoms with Crippen LogP contribution in [0.15, 0.2) is 48.8 Å². The number of aromatic nitrogens is 2. The highest BCUT2D eigenvalue weighted by Crippen LogP contribution is 2.33. The van der Waals surface area contributed by atoms with Crippen LogP contribution in [0.4, 0.5) is 24.8 Å². The minimum Gasteiger partial charge on any atom is -0.379 e. The molecule has 4 rings (SSSR count). The average Bonchev–Trinajstić information content (AvgIpc) is 2.80. The number of nitrogens with zero attached hydrogens (tertiary/aromatic N) is 3. The zero-order valence-electron chi connectivity index (χ0n) is 18.5. The minimum atomic E-state index is -4.54. The van der Waals surface area contributed by atoms with E-state index in [1.165, 1.54) is 0 Å². The molecule has 2 heterocycles. The summed E-state index contributed by atoms with van der Waals surface area (Å²) < 4.78 is 45.9. The molecule has 1 fully saturated rings. The number of nitrogens with two attached hydrogens (primary N) is 1. The molecule has 2 aromatic carbocycles. The summed E-state index contributed by atoms with van der Waals surface area (Å²) in [6.07, 6.45) is -1.43. The van der Waals surface area contributed by atoms with Gasteiger partial charge >= 0.3 is 6.18 Å². The first-order valence-electron chi connectivity index (χ1n) is 10.7. The fourth-order valence-corrected chi connectivity index (χ4v) is 3.79. The van der Waals surface area contributed by atoms with Gasteiger partial charge in [0.2, 0.25) is 5.95 Å². The SMILES string of the molecule is Cc1ccc(C(=O)Nc2cc(CN3CCOCC3)cc(C(F)(F)F)c2)cc1-c1cnc(N)nc1. The average molecular weight is 471 g/mol. The lowest BCUT2D eigenvalue weighted by atomic mass is 10.00. The van der Waals surface area contributed by atoms with Crippen LogP contribution in [0.3, 0.4) is 0 Å². The number of morpholine rings is 1. The molecule has 3 N–H and O–H groups in total. The summed E-state index contributed by atoms with van der Waals surface area (Å²) in [6.45, 7) is 4.56. The molecule has 178 valence electrons. The highest BCUT2D eigenvalue weighted by Gasteiger charge is 2.31. The Morgan fingerprint density at radius 3 is 2.50 bits per heavy atom. The molecule has 3 aromatic rings. The van der Waals surface area contributed by atoms with E-state index in [4.69, 9.17) is 10.5 Å². The first-order chi connectivity index (χ1) is 16.2. The third-order valence-corrected chi connectivity index (χ3v) is 5.57. The number of rotatable bonds is 5. The van der Waals surface area contributed by atoms with Crippen molar-refractivity contribution in [3.8, 4) is 11.1 Å². The maximum absolute atomic E-state index is 13.5. The predicted octanol–water partition coefficient (Wildman–Crippen LogP) is 4.14. The van der Waals surface area contributed by atoms with Crippen LogP contribution in [0.2, 0.25) is 0 Å². The van der Waals surface area contributed by atoms with Gasteiger partial charge in [-0.3, -0.25) is 9.69 Å². The number of ether oxygens (including phenoxy) is 1. The van der Waals surface area contributed by atoms with Gasteiger partial charge in [0.25, 0.3) is 5.91 Å². The molecule has 34 heavy (non-hydrogen) atoms.